The Morgan fingerprint density at radius 3 is 2.27 bits per heavy atom. The molecule has 1 heterocycles. The van der Waals surface area contributed by atoms with Crippen LogP contribution in [0.1, 0.15) is 0 Å². The van der Waals surface area contributed by atoms with Crippen molar-refractivity contribution in [1.29, 1.82) is 0 Å². The van der Waals surface area contributed by atoms with Crippen molar-refractivity contribution in [3.05, 3.63) is 42.5 Å². The van der Waals surface area contributed by atoms with Gasteiger partial charge in [-0.15, -0.1) is 0 Å². The van der Waals surface area contributed by atoms with E-state index < -0.39 is 5.82 Å². The van der Waals surface area contributed by atoms with Crippen LogP contribution in [-0.2, 0) is 0 Å². The van der Waals surface area contributed by atoms with Gasteiger partial charge in [-0.2, -0.15) is 0 Å². The van der Waals surface area contributed by atoms with Gasteiger partial charge in [-0.25, -0.2) is 14.4 Å². The summed E-state index contributed by atoms with van der Waals surface area (Å²) in [6, 6.07) is 7.10. The average Bonchev–Trinajstić information content (AvgIpc) is 2.25. The van der Waals surface area contributed by atoms with Gasteiger partial charge in [0.15, 0.2) is 5.82 Å². The molecule has 76 valence electrons. The summed E-state index contributed by atoms with van der Waals surface area (Å²) in [5, 5.41) is 2.91. The molecule has 0 unspecified atom stereocenters. The van der Waals surface area contributed by atoms with Crippen LogP contribution in [-0.4, -0.2) is 9.97 Å². The van der Waals surface area contributed by atoms with Crippen molar-refractivity contribution in [3.8, 4) is 0 Å². The third-order valence-corrected chi connectivity index (χ3v) is 1.79. The van der Waals surface area contributed by atoms with Crippen molar-refractivity contribution in [1.82, 2.24) is 9.97 Å². The Hall–Kier alpha value is -2.17. The molecule has 0 saturated carbocycles. The van der Waals surface area contributed by atoms with Crippen LogP contribution in [0.3, 0.4) is 0 Å². The first-order valence-electron chi connectivity index (χ1n) is 4.34. The van der Waals surface area contributed by atoms with Gasteiger partial charge in [0, 0.05) is 11.4 Å². The quantitative estimate of drug-likeness (QED) is 0.734. The number of nitrogen functional groups attached to an aromatic ring is 1. The van der Waals surface area contributed by atoms with Gasteiger partial charge in [0.2, 0.25) is 5.95 Å². The van der Waals surface area contributed by atoms with Gasteiger partial charge in [0.05, 0.1) is 12.4 Å². The molecule has 0 radical (unpaired) electrons. The Morgan fingerprint density at radius 1 is 1.07 bits per heavy atom. The van der Waals surface area contributed by atoms with E-state index in [2.05, 4.69) is 15.3 Å². The number of halogens is 1. The minimum atomic E-state index is -0.460. The fourth-order valence-electron chi connectivity index (χ4n) is 1.07. The second-order valence-corrected chi connectivity index (χ2v) is 2.97. The fraction of sp³-hybridized carbons (Fsp3) is 0. The first-order valence-corrected chi connectivity index (χ1v) is 4.34. The molecule has 0 aliphatic rings. The molecule has 0 bridgehead atoms. The first kappa shape index (κ1) is 9.39. The van der Waals surface area contributed by atoms with Gasteiger partial charge < -0.3 is 11.1 Å². The summed E-state index contributed by atoms with van der Waals surface area (Å²) in [4.78, 5) is 7.54. The highest BCUT2D eigenvalue weighted by atomic mass is 19.1. The summed E-state index contributed by atoms with van der Waals surface area (Å²) >= 11 is 0. The molecule has 3 N–H and O–H groups in total. The second kappa shape index (κ2) is 3.91. The second-order valence-electron chi connectivity index (χ2n) is 2.97. The van der Waals surface area contributed by atoms with Crippen LogP contribution in [0.2, 0.25) is 0 Å². The summed E-state index contributed by atoms with van der Waals surface area (Å²) in [5.41, 5.74) is 7.01. The largest absolute Gasteiger partial charge is 0.399 e. The van der Waals surface area contributed by atoms with E-state index in [1.165, 1.54) is 0 Å². The van der Waals surface area contributed by atoms with Crippen LogP contribution in [0.4, 0.5) is 21.7 Å². The molecular formula is C10H9FN4. The highest BCUT2D eigenvalue weighted by Gasteiger charge is 1.97. The number of aromatic nitrogens is 2. The molecule has 0 fully saturated rings. The first-order chi connectivity index (χ1) is 7.24. The van der Waals surface area contributed by atoms with Crippen LogP contribution in [0.5, 0.6) is 0 Å². The standard InChI is InChI=1S/C10H9FN4/c11-7-5-13-10(14-6-7)15-9-3-1-8(12)2-4-9/h1-6H,12H2,(H,13,14,15). The van der Waals surface area contributed by atoms with E-state index in [-0.39, 0.29) is 0 Å². The molecule has 1 aromatic carbocycles. The van der Waals surface area contributed by atoms with Gasteiger partial charge in [-0.1, -0.05) is 0 Å². The molecule has 2 aromatic rings. The molecule has 0 aliphatic heterocycles. The zero-order chi connectivity index (χ0) is 10.7. The maximum absolute atomic E-state index is 12.5. The topological polar surface area (TPSA) is 63.8 Å². The number of rotatable bonds is 2. The van der Waals surface area contributed by atoms with Crippen LogP contribution in [0.15, 0.2) is 36.7 Å². The number of nitrogens with one attached hydrogen (secondary N) is 1. The van der Waals surface area contributed by atoms with Crippen molar-refractivity contribution >= 4 is 17.3 Å². The van der Waals surface area contributed by atoms with Crippen molar-refractivity contribution in [2.75, 3.05) is 11.1 Å². The van der Waals surface area contributed by atoms with Crippen LogP contribution < -0.4 is 11.1 Å². The lowest BCUT2D eigenvalue weighted by Gasteiger charge is -2.03. The maximum atomic E-state index is 12.5. The molecule has 0 atom stereocenters. The van der Waals surface area contributed by atoms with Crippen LogP contribution >= 0.6 is 0 Å². The van der Waals surface area contributed by atoms with Crippen molar-refractivity contribution in [2.24, 2.45) is 0 Å². The maximum Gasteiger partial charge on any atom is 0.227 e. The lowest BCUT2D eigenvalue weighted by molar-refractivity contribution is 0.614. The highest BCUT2D eigenvalue weighted by Crippen LogP contribution is 2.14. The lowest BCUT2D eigenvalue weighted by atomic mass is 10.3. The Morgan fingerprint density at radius 2 is 1.67 bits per heavy atom. The van der Waals surface area contributed by atoms with Crippen molar-refractivity contribution in [3.63, 3.8) is 0 Å². The Kier molecular flexibility index (Phi) is 2.45. The molecular weight excluding hydrogens is 195 g/mol. The van der Waals surface area contributed by atoms with Crippen molar-refractivity contribution < 1.29 is 4.39 Å². The summed E-state index contributed by atoms with van der Waals surface area (Å²) in [6.45, 7) is 0. The smallest absolute Gasteiger partial charge is 0.227 e. The molecule has 0 spiro atoms. The van der Waals surface area contributed by atoms with Crippen LogP contribution in [0.25, 0.3) is 0 Å². The molecule has 2 rings (SSSR count). The fourth-order valence-corrected chi connectivity index (χ4v) is 1.07. The summed E-state index contributed by atoms with van der Waals surface area (Å²) < 4.78 is 12.5. The zero-order valence-electron chi connectivity index (χ0n) is 7.81. The molecule has 1 aromatic heterocycles. The molecule has 0 amide bonds. The van der Waals surface area contributed by atoms with Crippen molar-refractivity contribution in [2.45, 2.75) is 0 Å². The zero-order valence-corrected chi connectivity index (χ0v) is 7.81. The monoisotopic (exact) mass is 204 g/mol. The number of anilines is 3. The van der Waals surface area contributed by atoms with Gasteiger partial charge in [-0.3, -0.25) is 0 Å². The van der Waals surface area contributed by atoms with E-state index in [9.17, 15) is 4.39 Å². The predicted octanol–water partition coefficient (Wildman–Crippen LogP) is 1.94. The predicted molar refractivity (Wildman–Crippen MR) is 56.1 cm³/mol. The summed E-state index contributed by atoms with van der Waals surface area (Å²) in [5.74, 6) is -0.112. The Balaban J connectivity index is 2.15. The van der Waals surface area contributed by atoms with E-state index in [1.807, 2.05) is 0 Å². The van der Waals surface area contributed by atoms with E-state index in [0.29, 0.717) is 11.6 Å². The summed E-state index contributed by atoms with van der Waals surface area (Å²) in [6.07, 6.45) is 2.21. The average molecular weight is 204 g/mol. The van der Waals surface area contributed by atoms with E-state index in [1.54, 1.807) is 24.3 Å². The number of hydrogen-bond acceptors (Lipinski definition) is 4. The number of nitrogens with zero attached hydrogens (tertiary/aromatic N) is 2. The van der Waals surface area contributed by atoms with E-state index in [4.69, 9.17) is 5.73 Å². The minimum absolute atomic E-state index is 0.348. The highest BCUT2D eigenvalue weighted by molar-refractivity contribution is 5.56. The van der Waals surface area contributed by atoms with Crippen LogP contribution in [0, 0.1) is 5.82 Å². The van der Waals surface area contributed by atoms with E-state index >= 15 is 0 Å². The minimum Gasteiger partial charge on any atom is -0.399 e. The molecule has 5 heteroatoms. The normalized spacial score (nSPS) is 9.93. The van der Waals surface area contributed by atoms with Gasteiger partial charge >= 0.3 is 0 Å². The third-order valence-electron chi connectivity index (χ3n) is 1.79. The molecule has 0 saturated heterocycles. The third kappa shape index (κ3) is 2.40. The summed E-state index contributed by atoms with van der Waals surface area (Å²) in [7, 11) is 0. The lowest BCUT2D eigenvalue weighted by Crippen LogP contribution is -1.97. The molecule has 0 aliphatic carbocycles. The van der Waals surface area contributed by atoms with E-state index in [0.717, 1.165) is 18.1 Å². The molecule has 15 heavy (non-hydrogen) atoms. The number of hydrogen-bond donors (Lipinski definition) is 2. The Labute approximate surface area is 86.0 Å². The molecule has 4 nitrogen and oxygen atoms in total. The number of nitrogens with two attached hydrogens (primary N) is 1. The van der Waals surface area contributed by atoms with Gasteiger partial charge in [0.1, 0.15) is 0 Å². The SMILES string of the molecule is Nc1ccc(Nc2ncc(F)cn2)cc1. The van der Waals surface area contributed by atoms with Gasteiger partial charge in [-0.05, 0) is 24.3 Å². The van der Waals surface area contributed by atoms with Gasteiger partial charge in [0.25, 0.3) is 0 Å². The number of benzene rings is 1. The Bertz CT molecular complexity index is 394.